The fourth-order valence-corrected chi connectivity index (χ4v) is 1.56. The van der Waals surface area contributed by atoms with Crippen molar-refractivity contribution in [2.45, 2.75) is 39.8 Å². The zero-order valence-electron chi connectivity index (χ0n) is 12.9. The molecule has 21 heavy (non-hydrogen) atoms. The fraction of sp³-hybridized carbons (Fsp3) is 0.467. The van der Waals surface area contributed by atoms with Gasteiger partial charge >= 0.3 is 6.03 Å². The van der Waals surface area contributed by atoms with E-state index in [2.05, 4.69) is 16.0 Å². The number of urea groups is 1. The lowest BCUT2D eigenvalue weighted by molar-refractivity contribution is -0.119. The van der Waals surface area contributed by atoms with Gasteiger partial charge in [-0.1, -0.05) is 6.92 Å². The van der Waals surface area contributed by atoms with Crippen molar-refractivity contribution in [3.8, 4) is 0 Å². The summed E-state index contributed by atoms with van der Waals surface area (Å²) in [5.41, 5.74) is 7.02. The SMILES string of the molecule is CC(C)NC(=O)Nc1ccc(NC(=O)C(C)C(C)N)cc1. The van der Waals surface area contributed by atoms with Crippen LogP contribution in [0.25, 0.3) is 0 Å². The third-order valence-electron chi connectivity index (χ3n) is 3.03. The molecule has 2 unspecified atom stereocenters. The van der Waals surface area contributed by atoms with E-state index in [0.717, 1.165) is 0 Å². The van der Waals surface area contributed by atoms with E-state index in [0.29, 0.717) is 11.4 Å². The van der Waals surface area contributed by atoms with E-state index >= 15 is 0 Å². The van der Waals surface area contributed by atoms with Gasteiger partial charge in [0.2, 0.25) is 5.91 Å². The van der Waals surface area contributed by atoms with E-state index in [1.54, 1.807) is 38.1 Å². The van der Waals surface area contributed by atoms with Gasteiger partial charge in [0.25, 0.3) is 0 Å². The minimum atomic E-state index is -0.264. The first-order chi connectivity index (χ1) is 9.79. The highest BCUT2D eigenvalue weighted by Gasteiger charge is 2.16. The van der Waals surface area contributed by atoms with Crippen LogP contribution in [-0.4, -0.2) is 24.0 Å². The normalized spacial score (nSPS) is 13.4. The molecule has 1 rings (SSSR count). The van der Waals surface area contributed by atoms with Crippen molar-refractivity contribution in [1.29, 1.82) is 0 Å². The van der Waals surface area contributed by atoms with Gasteiger partial charge in [0.15, 0.2) is 0 Å². The van der Waals surface area contributed by atoms with E-state index in [9.17, 15) is 9.59 Å². The number of anilines is 2. The van der Waals surface area contributed by atoms with Crippen molar-refractivity contribution in [2.24, 2.45) is 11.7 Å². The van der Waals surface area contributed by atoms with Gasteiger partial charge in [0.05, 0.1) is 5.92 Å². The minimum Gasteiger partial charge on any atom is -0.336 e. The Balaban J connectivity index is 2.58. The standard InChI is InChI=1S/C15H24N4O2/c1-9(2)17-15(21)19-13-7-5-12(6-8-13)18-14(20)10(3)11(4)16/h5-11H,16H2,1-4H3,(H,18,20)(H2,17,19,21). The second-order valence-electron chi connectivity index (χ2n) is 5.47. The van der Waals surface area contributed by atoms with Crippen LogP contribution in [-0.2, 0) is 4.79 Å². The number of nitrogens with two attached hydrogens (primary N) is 1. The molecule has 0 aliphatic rings. The lowest BCUT2D eigenvalue weighted by atomic mass is 10.0. The second-order valence-corrected chi connectivity index (χ2v) is 5.47. The molecule has 1 aromatic carbocycles. The molecule has 5 N–H and O–H groups in total. The highest BCUT2D eigenvalue weighted by Crippen LogP contribution is 2.15. The monoisotopic (exact) mass is 292 g/mol. The Morgan fingerprint density at radius 3 is 1.86 bits per heavy atom. The Morgan fingerprint density at radius 1 is 0.952 bits per heavy atom. The molecule has 0 radical (unpaired) electrons. The summed E-state index contributed by atoms with van der Waals surface area (Å²) in [6.45, 7) is 7.35. The second kappa shape index (κ2) is 7.64. The number of amides is 3. The van der Waals surface area contributed by atoms with Crippen LogP contribution < -0.4 is 21.7 Å². The van der Waals surface area contributed by atoms with E-state index in [-0.39, 0.29) is 29.9 Å². The molecule has 0 bridgehead atoms. The highest BCUT2D eigenvalue weighted by molar-refractivity contribution is 5.93. The molecule has 0 saturated carbocycles. The Bertz CT molecular complexity index is 483. The molecule has 0 saturated heterocycles. The lowest BCUT2D eigenvalue weighted by Gasteiger charge is -2.15. The topological polar surface area (TPSA) is 96.2 Å². The maximum Gasteiger partial charge on any atom is 0.319 e. The van der Waals surface area contributed by atoms with Crippen molar-refractivity contribution in [1.82, 2.24) is 5.32 Å². The van der Waals surface area contributed by atoms with Crippen molar-refractivity contribution in [2.75, 3.05) is 10.6 Å². The number of benzene rings is 1. The quantitative estimate of drug-likeness (QED) is 0.669. The predicted octanol–water partition coefficient (Wildman–Crippen LogP) is 2.14. The molecule has 0 aliphatic heterocycles. The molecule has 2 atom stereocenters. The van der Waals surface area contributed by atoms with E-state index < -0.39 is 0 Å². The molecule has 0 spiro atoms. The third-order valence-corrected chi connectivity index (χ3v) is 3.03. The van der Waals surface area contributed by atoms with E-state index in [1.165, 1.54) is 0 Å². The Kier molecular flexibility index (Phi) is 6.17. The highest BCUT2D eigenvalue weighted by atomic mass is 16.2. The maximum atomic E-state index is 11.9. The van der Waals surface area contributed by atoms with Gasteiger partial charge in [-0.05, 0) is 45.0 Å². The fourth-order valence-electron chi connectivity index (χ4n) is 1.56. The van der Waals surface area contributed by atoms with Crippen LogP contribution in [0, 0.1) is 5.92 Å². The molecule has 6 nitrogen and oxygen atoms in total. The first-order valence-corrected chi connectivity index (χ1v) is 7.03. The Labute approximate surface area is 125 Å². The number of hydrogen-bond donors (Lipinski definition) is 4. The zero-order chi connectivity index (χ0) is 16.0. The van der Waals surface area contributed by atoms with Crippen LogP contribution in [0.15, 0.2) is 24.3 Å². The van der Waals surface area contributed by atoms with E-state index in [1.807, 2.05) is 13.8 Å². The number of hydrogen-bond acceptors (Lipinski definition) is 3. The summed E-state index contributed by atoms with van der Waals surface area (Å²) in [6.07, 6.45) is 0. The molecule has 116 valence electrons. The summed E-state index contributed by atoms with van der Waals surface area (Å²) >= 11 is 0. The average Bonchev–Trinajstić information content (AvgIpc) is 2.38. The summed E-state index contributed by atoms with van der Waals surface area (Å²) in [5.74, 6) is -0.386. The van der Waals surface area contributed by atoms with Gasteiger partial charge in [-0.2, -0.15) is 0 Å². The van der Waals surface area contributed by atoms with Gasteiger partial charge in [0, 0.05) is 23.5 Å². The molecule has 0 aliphatic carbocycles. The molecule has 0 aromatic heterocycles. The summed E-state index contributed by atoms with van der Waals surface area (Å²) in [7, 11) is 0. The van der Waals surface area contributed by atoms with Crippen LogP contribution in [0.3, 0.4) is 0 Å². The van der Waals surface area contributed by atoms with Crippen molar-refractivity contribution in [3.05, 3.63) is 24.3 Å². The number of carbonyl (C=O) groups excluding carboxylic acids is 2. The van der Waals surface area contributed by atoms with Crippen molar-refractivity contribution >= 4 is 23.3 Å². The Hall–Kier alpha value is -2.08. The molecule has 0 heterocycles. The molecular weight excluding hydrogens is 268 g/mol. The smallest absolute Gasteiger partial charge is 0.319 e. The number of rotatable bonds is 5. The molecule has 6 heteroatoms. The van der Waals surface area contributed by atoms with Crippen LogP contribution in [0.1, 0.15) is 27.7 Å². The van der Waals surface area contributed by atoms with Crippen molar-refractivity contribution in [3.63, 3.8) is 0 Å². The molecule has 1 aromatic rings. The third kappa shape index (κ3) is 5.83. The van der Waals surface area contributed by atoms with Crippen molar-refractivity contribution < 1.29 is 9.59 Å². The van der Waals surface area contributed by atoms with Crippen LogP contribution >= 0.6 is 0 Å². The van der Waals surface area contributed by atoms with Gasteiger partial charge in [-0.3, -0.25) is 4.79 Å². The van der Waals surface area contributed by atoms with Gasteiger partial charge in [-0.25, -0.2) is 4.79 Å². The predicted molar refractivity (Wildman–Crippen MR) is 85.2 cm³/mol. The van der Waals surface area contributed by atoms with Gasteiger partial charge < -0.3 is 21.7 Å². The van der Waals surface area contributed by atoms with Crippen LogP contribution in [0.2, 0.25) is 0 Å². The summed E-state index contributed by atoms with van der Waals surface area (Å²) in [6, 6.07) is 6.53. The Morgan fingerprint density at radius 2 is 1.43 bits per heavy atom. The molecule has 0 fully saturated rings. The van der Waals surface area contributed by atoms with Gasteiger partial charge in [0.1, 0.15) is 0 Å². The summed E-state index contributed by atoms with van der Waals surface area (Å²) in [4.78, 5) is 23.4. The number of carbonyl (C=O) groups is 2. The zero-order valence-corrected chi connectivity index (χ0v) is 12.9. The van der Waals surface area contributed by atoms with Gasteiger partial charge in [-0.15, -0.1) is 0 Å². The largest absolute Gasteiger partial charge is 0.336 e. The summed E-state index contributed by atoms with van der Waals surface area (Å²) < 4.78 is 0. The van der Waals surface area contributed by atoms with Crippen LogP contribution in [0.5, 0.6) is 0 Å². The summed E-state index contributed by atoms with van der Waals surface area (Å²) in [5, 5.41) is 8.23. The first-order valence-electron chi connectivity index (χ1n) is 7.03. The molecule has 3 amide bonds. The minimum absolute atomic E-state index is 0.0725. The number of nitrogens with one attached hydrogen (secondary N) is 3. The first kappa shape index (κ1) is 17.0. The maximum absolute atomic E-state index is 11.9. The van der Waals surface area contributed by atoms with Crippen LogP contribution in [0.4, 0.5) is 16.2 Å². The lowest BCUT2D eigenvalue weighted by Crippen LogP contribution is -2.34. The molecular formula is C15H24N4O2. The average molecular weight is 292 g/mol. The van der Waals surface area contributed by atoms with E-state index in [4.69, 9.17) is 5.73 Å².